The number of hydrogen-bond donors (Lipinski definition) is 2. The lowest BCUT2D eigenvalue weighted by atomic mass is 10.1. The fourth-order valence-electron chi connectivity index (χ4n) is 3.07. The van der Waals surface area contributed by atoms with E-state index in [4.69, 9.17) is 0 Å². The number of carbonyl (C=O) groups is 1. The van der Waals surface area contributed by atoms with Crippen molar-refractivity contribution < 1.29 is 9.90 Å². The Balaban J connectivity index is 1.86. The van der Waals surface area contributed by atoms with Crippen LogP contribution in [0.5, 0.6) is 5.75 Å². The zero-order chi connectivity index (χ0) is 20.8. The Bertz CT molecular complexity index is 1080. The average Bonchev–Trinajstić information content (AvgIpc) is 2.72. The Morgan fingerprint density at radius 2 is 1.76 bits per heavy atom. The lowest BCUT2D eigenvalue weighted by Crippen LogP contribution is -2.27. The summed E-state index contributed by atoms with van der Waals surface area (Å²) in [6.45, 7) is 4.62. The summed E-state index contributed by atoms with van der Waals surface area (Å²) in [5.74, 6) is -0.342. The molecule has 3 aromatic carbocycles. The molecular weight excluding hydrogens is 362 g/mol. The summed E-state index contributed by atoms with van der Waals surface area (Å²) in [5, 5.41) is 23.8. The summed E-state index contributed by atoms with van der Waals surface area (Å²) >= 11 is 0. The van der Waals surface area contributed by atoms with E-state index in [-0.39, 0.29) is 17.4 Å². The summed E-state index contributed by atoms with van der Waals surface area (Å²) in [5.41, 5.74) is 1.66. The number of nitrogens with zero attached hydrogens (tertiary/aromatic N) is 2. The Morgan fingerprint density at radius 3 is 2.45 bits per heavy atom. The van der Waals surface area contributed by atoms with Crippen LogP contribution in [0.15, 0.2) is 78.5 Å². The molecule has 0 atom stereocenters. The second kappa shape index (κ2) is 8.94. The maximum absolute atomic E-state index is 12.8. The van der Waals surface area contributed by atoms with E-state index in [1.807, 2.05) is 61.2 Å². The minimum absolute atomic E-state index is 0.0202. The number of nitriles is 1. The minimum atomic E-state index is -0.484. The van der Waals surface area contributed by atoms with Gasteiger partial charge in [-0.2, -0.15) is 5.26 Å². The third kappa shape index (κ3) is 4.74. The second-order valence-corrected chi connectivity index (χ2v) is 7.04. The molecule has 5 heteroatoms. The summed E-state index contributed by atoms with van der Waals surface area (Å²) in [4.78, 5) is 14.8. The molecule has 0 spiro atoms. The maximum atomic E-state index is 12.8. The highest BCUT2D eigenvalue weighted by atomic mass is 16.3. The van der Waals surface area contributed by atoms with Crippen LogP contribution in [0, 0.1) is 11.3 Å². The molecule has 5 nitrogen and oxygen atoms in total. The first-order valence-electron chi connectivity index (χ1n) is 9.43. The predicted molar refractivity (Wildman–Crippen MR) is 115 cm³/mol. The fourth-order valence-corrected chi connectivity index (χ4v) is 3.07. The Labute approximate surface area is 170 Å². The number of anilines is 1. The van der Waals surface area contributed by atoms with Crippen LogP contribution in [-0.2, 0) is 11.3 Å². The smallest absolute Gasteiger partial charge is 0.267 e. The number of rotatable bonds is 6. The first-order valence-corrected chi connectivity index (χ1v) is 9.43. The van der Waals surface area contributed by atoms with Crippen molar-refractivity contribution >= 4 is 22.4 Å². The molecule has 146 valence electrons. The third-order valence-corrected chi connectivity index (χ3v) is 4.68. The molecule has 2 N–H and O–H groups in total. The Kier molecular flexibility index (Phi) is 6.16. The molecule has 0 fully saturated rings. The molecule has 1 amide bonds. The summed E-state index contributed by atoms with van der Waals surface area (Å²) in [6, 6.07) is 22.4. The van der Waals surface area contributed by atoms with Crippen molar-refractivity contribution in [3.05, 3.63) is 84.1 Å². The molecule has 3 aromatic rings. The van der Waals surface area contributed by atoms with Gasteiger partial charge in [-0.1, -0.05) is 54.6 Å². The number of carbonyl (C=O) groups excluding carboxylic acids is 1. The monoisotopic (exact) mass is 385 g/mol. The Hall–Kier alpha value is -3.78. The van der Waals surface area contributed by atoms with Gasteiger partial charge in [0, 0.05) is 35.2 Å². The highest BCUT2D eigenvalue weighted by Crippen LogP contribution is 2.30. The highest BCUT2D eigenvalue weighted by molar-refractivity contribution is 6.11. The standard InChI is InChI=1S/C24H23N3O2/c1-17(2)27(15-18-8-4-3-5-9-18)16-19(14-25)24(29)26-22-12-6-11-21-20(22)10-7-13-23(21)28/h3-13,16-17,28H,15H2,1-2H3,(H,26,29)/b19-16-. The van der Waals surface area contributed by atoms with Crippen molar-refractivity contribution in [1.29, 1.82) is 5.26 Å². The van der Waals surface area contributed by atoms with Gasteiger partial charge in [0.1, 0.15) is 17.4 Å². The van der Waals surface area contributed by atoms with E-state index in [0.717, 1.165) is 5.56 Å². The second-order valence-electron chi connectivity index (χ2n) is 7.04. The van der Waals surface area contributed by atoms with Gasteiger partial charge in [-0.15, -0.1) is 0 Å². The number of phenolic OH excluding ortho intramolecular Hbond substituents is 1. The predicted octanol–water partition coefficient (Wildman–Crippen LogP) is 4.80. The molecule has 0 aromatic heterocycles. The average molecular weight is 385 g/mol. The summed E-state index contributed by atoms with van der Waals surface area (Å²) in [6.07, 6.45) is 1.61. The first-order chi connectivity index (χ1) is 14.0. The number of amides is 1. The van der Waals surface area contributed by atoms with Gasteiger partial charge in [0.15, 0.2) is 0 Å². The van der Waals surface area contributed by atoms with E-state index >= 15 is 0 Å². The van der Waals surface area contributed by atoms with E-state index in [9.17, 15) is 15.2 Å². The quantitative estimate of drug-likeness (QED) is 0.472. The Morgan fingerprint density at radius 1 is 1.07 bits per heavy atom. The molecule has 0 saturated carbocycles. The van der Waals surface area contributed by atoms with Crippen LogP contribution >= 0.6 is 0 Å². The molecule has 0 aliphatic heterocycles. The molecule has 29 heavy (non-hydrogen) atoms. The van der Waals surface area contributed by atoms with E-state index in [1.54, 1.807) is 36.5 Å². The van der Waals surface area contributed by atoms with Crippen LogP contribution in [0.25, 0.3) is 10.8 Å². The zero-order valence-electron chi connectivity index (χ0n) is 16.5. The van der Waals surface area contributed by atoms with E-state index in [1.165, 1.54) is 0 Å². The SMILES string of the molecule is CC(C)N(/C=C(/C#N)C(=O)Nc1cccc2c(O)cccc12)Cc1ccccc1. The molecule has 0 heterocycles. The van der Waals surface area contributed by atoms with E-state index in [2.05, 4.69) is 5.32 Å². The van der Waals surface area contributed by atoms with Gasteiger partial charge in [-0.05, 0) is 31.5 Å². The first kappa shape index (κ1) is 20.0. The van der Waals surface area contributed by atoms with Crippen LogP contribution in [0.1, 0.15) is 19.4 Å². The van der Waals surface area contributed by atoms with Gasteiger partial charge in [-0.3, -0.25) is 4.79 Å². The highest BCUT2D eigenvalue weighted by Gasteiger charge is 2.15. The van der Waals surface area contributed by atoms with Crippen molar-refractivity contribution in [3.8, 4) is 11.8 Å². The maximum Gasteiger partial charge on any atom is 0.267 e. The molecular formula is C24H23N3O2. The molecule has 0 saturated heterocycles. The number of benzene rings is 3. The summed E-state index contributed by atoms with van der Waals surface area (Å²) in [7, 11) is 0. The molecule has 3 rings (SSSR count). The van der Waals surface area contributed by atoms with Gasteiger partial charge < -0.3 is 15.3 Å². The fraction of sp³-hybridized carbons (Fsp3) is 0.167. The van der Waals surface area contributed by atoms with Crippen molar-refractivity contribution in [2.75, 3.05) is 5.32 Å². The van der Waals surface area contributed by atoms with Crippen molar-refractivity contribution in [2.24, 2.45) is 0 Å². The van der Waals surface area contributed by atoms with Crippen molar-refractivity contribution in [1.82, 2.24) is 4.90 Å². The third-order valence-electron chi connectivity index (χ3n) is 4.68. The molecule has 0 aliphatic rings. The van der Waals surface area contributed by atoms with Gasteiger partial charge in [0.2, 0.25) is 0 Å². The minimum Gasteiger partial charge on any atom is -0.507 e. The van der Waals surface area contributed by atoms with E-state index < -0.39 is 5.91 Å². The van der Waals surface area contributed by atoms with E-state index in [0.29, 0.717) is 23.0 Å². The number of phenols is 1. The normalized spacial score (nSPS) is 11.3. The number of aromatic hydroxyl groups is 1. The van der Waals surface area contributed by atoms with Crippen LogP contribution in [0.3, 0.4) is 0 Å². The van der Waals surface area contributed by atoms with Crippen LogP contribution < -0.4 is 5.32 Å². The number of nitrogens with one attached hydrogen (secondary N) is 1. The van der Waals surface area contributed by atoms with Crippen LogP contribution in [-0.4, -0.2) is 22.0 Å². The lowest BCUT2D eigenvalue weighted by molar-refractivity contribution is -0.112. The number of fused-ring (bicyclic) bond motifs is 1. The van der Waals surface area contributed by atoms with Crippen molar-refractivity contribution in [3.63, 3.8) is 0 Å². The van der Waals surface area contributed by atoms with Crippen LogP contribution in [0.4, 0.5) is 5.69 Å². The zero-order valence-corrected chi connectivity index (χ0v) is 16.5. The van der Waals surface area contributed by atoms with Crippen LogP contribution in [0.2, 0.25) is 0 Å². The van der Waals surface area contributed by atoms with Gasteiger partial charge in [0.05, 0.1) is 0 Å². The molecule has 0 unspecified atom stereocenters. The van der Waals surface area contributed by atoms with Gasteiger partial charge in [-0.25, -0.2) is 0 Å². The van der Waals surface area contributed by atoms with Gasteiger partial charge in [0.25, 0.3) is 5.91 Å². The molecule has 0 bridgehead atoms. The summed E-state index contributed by atoms with van der Waals surface area (Å²) < 4.78 is 0. The molecule has 0 aliphatic carbocycles. The number of hydrogen-bond acceptors (Lipinski definition) is 4. The molecule has 0 radical (unpaired) electrons. The largest absolute Gasteiger partial charge is 0.507 e. The van der Waals surface area contributed by atoms with Gasteiger partial charge >= 0.3 is 0 Å². The topological polar surface area (TPSA) is 76.4 Å². The van der Waals surface area contributed by atoms with Crippen molar-refractivity contribution in [2.45, 2.75) is 26.4 Å². The lowest BCUT2D eigenvalue weighted by Gasteiger charge is -2.25.